The normalized spacial score (nSPS) is 11.7. The van der Waals surface area contributed by atoms with E-state index >= 15 is 0 Å². The minimum atomic E-state index is -1.12. The first-order valence-electron chi connectivity index (χ1n) is 13.7. The van der Waals surface area contributed by atoms with Crippen molar-refractivity contribution in [3.8, 4) is 0 Å². The molecule has 260 valence electrons. The van der Waals surface area contributed by atoms with Crippen LogP contribution in [0.15, 0.2) is 0 Å². The van der Waals surface area contributed by atoms with E-state index in [9.17, 15) is 38.4 Å². The van der Waals surface area contributed by atoms with E-state index in [0.717, 1.165) is 20.8 Å². The lowest BCUT2D eigenvalue weighted by Crippen LogP contribution is -2.42. The lowest BCUT2D eigenvalue weighted by molar-refractivity contribution is -0.155. The molecular weight excluding hydrogens is 967 g/mol. The van der Waals surface area contributed by atoms with Gasteiger partial charge in [0.25, 0.3) is 11.8 Å². The molecule has 1 aromatic rings. The number of amides is 3. The van der Waals surface area contributed by atoms with E-state index in [1.165, 1.54) is 25.7 Å². The monoisotopic (exact) mass is 1000 g/mol. The zero-order valence-electron chi connectivity index (χ0n) is 26.3. The second-order valence-electron chi connectivity index (χ2n) is 9.54. The van der Waals surface area contributed by atoms with Crippen molar-refractivity contribution in [3.63, 3.8) is 0 Å². The van der Waals surface area contributed by atoms with Gasteiger partial charge in [0.1, 0.15) is 19.8 Å². The third-order valence-corrected chi connectivity index (χ3v) is 8.76. The number of carbonyl (C=O) groups excluding carboxylic acids is 8. The third kappa shape index (κ3) is 14.4. The summed E-state index contributed by atoms with van der Waals surface area (Å²) in [6.45, 7) is 5.53. The van der Waals surface area contributed by atoms with Gasteiger partial charge in [-0.05, 0) is 67.8 Å². The molecule has 47 heavy (non-hydrogen) atoms. The first-order chi connectivity index (χ1) is 21.9. The van der Waals surface area contributed by atoms with Crippen LogP contribution in [0.4, 0.5) is 5.69 Å². The highest BCUT2D eigenvalue weighted by Crippen LogP contribution is 2.38. The van der Waals surface area contributed by atoms with Gasteiger partial charge in [0.05, 0.1) is 43.6 Å². The molecule has 1 aromatic carbocycles. The Bertz CT molecular complexity index is 1400. The highest BCUT2D eigenvalue weighted by Gasteiger charge is 2.33. The summed E-state index contributed by atoms with van der Waals surface area (Å²) in [7, 11) is 0. The fourth-order valence-electron chi connectivity index (χ4n) is 3.76. The number of esters is 5. The summed E-state index contributed by atoms with van der Waals surface area (Å²) >= 11 is 5.51. The molecule has 0 aliphatic heterocycles. The van der Waals surface area contributed by atoms with Crippen LogP contribution in [0, 0.1) is 10.7 Å². The van der Waals surface area contributed by atoms with Crippen molar-refractivity contribution in [3.05, 3.63) is 21.8 Å². The highest BCUT2D eigenvalue weighted by atomic mass is 127. The van der Waals surface area contributed by atoms with Crippen LogP contribution in [-0.4, -0.2) is 99.2 Å². The van der Waals surface area contributed by atoms with E-state index in [4.69, 9.17) is 23.7 Å². The Morgan fingerprint density at radius 2 is 1.06 bits per heavy atom. The molecule has 0 saturated heterocycles. The van der Waals surface area contributed by atoms with Crippen LogP contribution in [0.3, 0.4) is 0 Å². The van der Waals surface area contributed by atoms with Crippen molar-refractivity contribution in [2.45, 2.75) is 53.8 Å². The average Bonchev–Trinajstić information content (AvgIpc) is 2.93. The molecule has 0 aliphatic carbocycles. The molecule has 3 amide bonds. The lowest BCUT2D eigenvalue weighted by Gasteiger charge is -2.30. The maximum atomic E-state index is 13.7. The number of ether oxygens (including phenoxy) is 5. The van der Waals surface area contributed by atoms with Gasteiger partial charge in [0, 0.05) is 45.1 Å². The minimum absolute atomic E-state index is 0.00122. The molecule has 2 atom stereocenters. The lowest BCUT2D eigenvalue weighted by atomic mass is 10.1. The van der Waals surface area contributed by atoms with Gasteiger partial charge >= 0.3 is 29.8 Å². The van der Waals surface area contributed by atoms with Gasteiger partial charge < -0.3 is 39.2 Å². The molecule has 19 heteroatoms. The summed E-state index contributed by atoms with van der Waals surface area (Å²) in [6, 6.07) is 0. The summed E-state index contributed by atoms with van der Waals surface area (Å²) in [6.07, 6.45) is -2.15. The molecule has 2 unspecified atom stereocenters. The second-order valence-corrected chi connectivity index (χ2v) is 12.8. The van der Waals surface area contributed by atoms with E-state index < -0.39 is 59.8 Å². The fraction of sp³-hybridized carbons (Fsp3) is 0.500. The van der Waals surface area contributed by atoms with Gasteiger partial charge in [-0.2, -0.15) is 0 Å². The Labute approximate surface area is 311 Å². The van der Waals surface area contributed by atoms with Crippen LogP contribution in [0.2, 0.25) is 0 Å². The Kier molecular flexibility index (Phi) is 18.4. The van der Waals surface area contributed by atoms with Gasteiger partial charge in [0.15, 0.2) is 12.2 Å². The molecule has 0 radical (unpaired) electrons. The Hall–Kier alpha value is -2.83. The Morgan fingerprint density at radius 3 is 1.51 bits per heavy atom. The summed E-state index contributed by atoms with van der Waals surface area (Å²) in [5.41, 5.74) is 0.0863. The number of halogens is 3. The number of nitrogens with one attached hydrogen (secondary N) is 2. The van der Waals surface area contributed by atoms with Crippen LogP contribution in [0.25, 0.3) is 0 Å². The number of benzene rings is 1. The summed E-state index contributed by atoms with van der Waals surface area (Å²) in [4.78, 5) is 98.9. The van der Waals surface area contributed by atoms with Crippen LogP contribution in [0.5, 0.6) is 0 Å². The average molecular weight is 1000 g/mol. The second kappa shape index (κ2) is 20.5. The molecule has 0 aromatic heterocycles. The summed E-state index contributed by atoms with van der Waals surface area (Å²) in [5, 5.41) is 5.24. The zero-order valence-corrected chi connectivity index (χ0v) is 32.8. The Balaban J connectivity index is 3.77. The number of carbonyl (C=O) groups is 8. The van der Waals surface area contributed by atoms with Crippen molar-refractivity contribution in [1.82, 2.24) is 10.6 Å². The molecule has 1 rings (SSSR count). The predicted octanol–water partition coefficient (Wildman–Crippen LogP) is 1.87. The molecule has 0 bridgehead atoms. The number of anilines is 1. The van der Waals surface area contributed by atoms with E-state index in [1.807, 2.05) is 67.8 Å². The van der Waals surface area contributed by atoms with E-state index in [1.54, 1.807) is 0 Å². The molecule has 0 spiro atoms. The van der Waals surface area contributed by atoms with Gasteiger partial charge in [-0.1, -0.05) is 0 Å². The molecule has 2 N–H and O–H groups in total. The van der Waals surface area contributed by atoms with Crippen molar-refractivity contribution in [2.75, 3.05) is 44.4 Å². The topological polar surface area (TPSA) is 210 Å². The standard InChI is InChI=1S/C28H34I3N3O13/c1-13(35)34(10-20(47-18(6)40)12-45-16(4)38)26-24(30)21(27(41)32-7-8-43-14(2)36)23(29)22(25(26)31)28(42)33-9-19(46-17(5)39)11-44-15(3)37/h19-20H,7-12H2,1-6H3,(H,32,41)(H,33,42). The predicted molar refractivity (Wildman–Crippen MR) is 188 cm³/mol. The van der Waals surface area contributed by atoms with Crippen LogP contribution >= 0.6 is 67.8 Å². The molecule has 0 fully saturated rings. The van der Waals surface area contributed by atoms with Crippen LogP contribution < -0.4 is 15.5 Å². The molecule has 0 saturated carbocycles. The van der Waals surface area contributed by atoms with Crippen molar-refractivity contribution in [2.24, 2.45) is 0 Å². The van der Waals surface area contributed by atoms with Gasteiger partial charge in [0.2, 0.25) is 5.91 Å². The quantitative estimate of drug-likeness (QED) is 0.105. The first kappa shape index (κ1) is 42.2. The minimum Gasteiger partial charge on any atom is -0.464 e. The maximum Gasteiger partial charge on any atom is 0.303 e. The highest BCUT2D eigenvalue weighted by molar-refractivity contribution is 14.1. The van der Waals surface area contributed by atoms with E-state index in [0.29, 0.717) is 0 Å². The van der Waals surface area contributed by atoms with Gasteiger partial charge in [-0.15, -0.1) is 0 Å². The van der Waals surface area contributed by atoms with Crippen molar-refractivity contribution < 1.29 is 62.0 Å². The summed E-state index contributed by atoms with van der Waals surface area (Å²) < 4.78 is 25.9. The van der Waals surface area contributed by atoms with Crippen LogP contribution in [-0.2, 0) is 52.5 Å². The molecule has 0 aliphatic rings. The number of hydrogen-bond donors (Lipinski definition) is 2. The maximum absolute atomic E-state index is 13.7. The number of hydrogen-bond acceptors (Lipinski definition) is 13. The van der Waals surface area contributed by atoms with E-state index in [-0.39, 0.29) is 67.0 Å². The Morgan fingerprint density at radius 1 is 0.617 bits per heavy atom. The van der Waals surface area contributed by atoms with Crippen molar-refractivity contribution >= 4 is 121 Å². The largest absolute Gasteiger partial charge is 0.464 e. The smallest absolute Gasteiger partial charge is 0.303 e. The van der Waals surface area contributed by atoms with E-state index in [2.05, 4.69) is 10.6 Å². The van der Waals surface area contributed by atoms with Gasteiger partial charge in [-0.25, -0.2) is 0 Å². The first-order valence-corrected chi connectivity index (χ1v) is 16.9. The van der Waals surface area contributed by atoms with Gasteiger partial charge in [-0.3, -0.25) is 38.4 Å². The SMILES string of the molecule is CC(=O)OCCNC(=O)c1c(I)c(C(=O)NCC(COC(C)=O)OC(C)=O)c(I)c(N(CC(COC(C)=O)OC(C)=O)C(C)=O)c1I. The number of nitrogens with zero attached hydrogens (tertiary/aromatic N) is 1. The van der Waals surface area contributed by atoms with Crippen LogP contribution in [0.1, 0.15) is 62.3 Å². The zero-order chi connectivity index (χ0) is 36.0. The third-order valence-electron chi connectivity index (χ3n) is 5.58. The molecule has 16 nitrogen and oxygen atoms in total. The summed E-state index contributed by atoms with van der Waals surface area (Å²) in [5.74, 6) is -5.18. The molecule has 0 heterocycles. The molecular formula is C28H34I3N3O13. The van der Waals surface area contributed by atoms with Crippen molar-refractivity contribution in [1.29, 1.82) is 0 Å². The number of rotatable bonds is 16. The fourth-order valence-corrected chi connectivity index (χ4v) is 8.49.